The Morgan fingerprint density at radius 2 is 1.64 bits per heavy atom. The van der Waals surface area contributed by atoms with Gasteiger partial charge in [0, 0.05) is 18.8 Å². The largest absolute Gasteiger partial charge is 0.300 e. The van der Waals surface area contributed by atoms with E-state index in [1.54, 1.807) is 6.92 Å². The van der Waals surface area contributed by atoms with E-state index in [0.29, 0.717) is 12.8 Å². The third-order valence-corrected chi connectivity index (χ3v) is 12.6. The van der Waals surface area contributed by atoms with Crippen molar-refractivity contribution >= 4 is 23.4 Å². The van der Waals surface area contributed by atoms with Gasteiger partial charge in [0.15, 0.2) is 5.78 Å². The minimum atomic E-state index is -0.689. The Balaban J connectivity index is 2.04. The molecule has 3 aliphatic carbocycles. The number of rotatable bonds is 7. The Morgan fingerprint density at radius 1 is 1.02 bits per heavy atom. The maximum Gasteiger partial charge on any atom is 0.244 e. The summed E-state index contributed by atoms with van der Waals surface area (Å²) in [7, 11) is 0. The molecule has 0 radical (unpaired) electrons. The van der Waals surface area contributed by atoms with Crippen molar-refractivity contribution in [3.05, 3.63) is 11.6 Å². The second-order valence-corrected chi connectivity index (χ2v) is 16.5. The number of nitrogens with one attached hydrogen (secondary N) is 2. The van der Waals surface area contributed by atoms with Crippen LogP contribution < -0.4 is 10.9 Å². The van der Waals surface area contributed by atoms with Crippen LogP contribution in [0.25, 0.3) is 0 Å². The summed E-state index contributed by atoms with van der Waals surface area (Å²) in [6.45, 7) is 22.6. The lowest BCUT2D eigenvalue weighted by atomic mass is 9.39. The first-order valence-electron chi connectivity index (χ1n) is 15.8. The number of nitrogens with zero attached hydrogens (tertiary/aromatic N) is 1. The number of carbonyl (C=O) groups is 4. The molecule has 6 atom stereocenters. The summed E-state index contributed by atoms with van der Waals surface area (Å²) in [5, 5.41) is 9.93. The molecule has 2 amide bonds. The number of Topliss-reactive ketones (excluding diaryl/α,β-unsaturated/α-hetero) is 2. The molecule has 0 spiro atoms. The van der Waals surface area contributed by atoms with Gasteiger partial charge >= 0.3 is 0 Å². The van der Waals surface area contributed by atoms with Gasteiger partial charge in [0.1, 0.15) is 11.9 Å². The van der Waals surface area contributed by atoms with Crippen molar-refractivity contribution in [2.24, 2.45) is 50.2 Å². The average molecular weight is 582 g/mol. The second kappa shape index (κ2) is 11.2. The molecule has 2 saturated carbocycles. The first-order chi connectivity index (χ1) is 19.1. The minimum Gasteiger partial charge on any atom is -0.300 e. The third kappa shape index (κ3) is 5.72. The molecular formula is C35H55N3O4. The van der Waals surface area contributed by atoms with Gasteiger partial charge in [-0.1, -0.05) is 68.4 Å². The van der Waals surface area contributed by atoms with E-state index in [4.69, 9.17) is 0 Å². The zero-order valence-electron chi connectivity index (χ0n) is 28.0. The van der Waals surface area contributed by atoms with Gasteiger partial charge < -0.3 is 4.79 Å². The number of hydrogen-bond donors (Lipinski definition) is 2. The van der Waals surface area contributed by atoms with E-state index in [1.807, 2.05) is 19.9 Å². The number of allylic oxidation sites excluding steroid dienone is 2. The summed E-state index contributed by atoms with van der Waals surface area (Å²) in [6, 6.07) is 2.18. The number of fused-ring (bicyclic) bond motifs is 1. The molecule has 0 bridgehead atoms. The second-order valence-electron chi connectivity index (χ2n) is 16.5. The molecule has 3 rings (SSSR count). The van der Waals surface area contributed by atoms with Gasteiger partial charge in [-0.3, -0.25) is 25.2 Å². The number of ketones is 2. The number of hydrogen-bond acceptors (Lipinski definition) is 5. The van der Waals surface area contributed by atoms with Crippen molar-refractivity contribution in [2.75, 3.05) is 0 Å². The molecule has 2 fully saturated rings. The van der Waals surface area contributed by atoms with E-state index in [9.17, 15) is 24.4 Å². The van der Waals surface area contributed by atoms with Crippen molar-refractivity contribution in [2.45, 2.75) is 128 Å². The molecule has 2 N–H and O–H groups in total. The Hall–Kier alpha value is -2.49. The fraction of sp³-hybridized carbons (Fsp3) is 0.800. The van der Waals surface area contributed by atoms with Gasteiger partial charge in [-0.2, -0.15) is 5.26 Å². The van der Waals surface area contributed by atoms with E-state index in [0.717, 1.165) is 38.5 Å². The first-order valence-corrected chi connectivity index (χ1v) is 15.8. The molecule has 0 aromatic heterocycles. The van der Waals surface area contributed by atoms with Crippen LogP contribution in [-0.2, 0) is 19.2 Å². The highest BCUT2D eigenvalue weighted by atomic mass is 16.2. The van der Waals surface area contributed by atoms with Crippen LogP contribution in [0.2, 0.25) is 0 Å². The van der Waals surface area contributed by atoms with E-state index in [2.05, 4.69) is 65.4 Å². The van der Waals surface area contributed by atoms with Gasteiger partial charge in [-0.05, 0) is 91.3 Å². The van der Waals surface area contributed by atoms with E-state index in [-0.39, 0.29) is 63.0 Å². The summed E-state index contributed by atoms with van der Waals surface area (Å²) < 4.78 is 0. The highest BCUT2D eigenvalue weighted by Crippen LogP contribution is 2.68. The van der Waals surface area contributed by atoms with Crippen LogP contribution in [0.15, 0.2) is 11.6 Å². The number of hydrazine groups is 1. The van der Waals surface area contributed by atoms with Gasteiger partial charge in [-0.15, -0.1) is 0 Å². The summed E-state index contributed by atoms with van der Waals surface area (Å²) in [5.41, 5.74) is 3.25. The first kappa shape index (κ1) is 34.0. The van der Waals surface area contributed by atoms with Crippen LogP contribution in [0, 0.1) is 61.6 Å². The molecule has 234 valence electrons. The average Bonchev–Trinajstić information content (AvgIpc) is 2.86. The van der Waals surface area contributed by atoms with Gasteiger partial charge in [-0.25, -0.2) is 0 Å². The fourth-order valence-corrected chi connectivity index (χ4v) is 9.55. The zero-order valence-corrected chi connectivity index (χ0v) is 28.0. The van der Waals surface area contributed by atoms with E-state index in [1.165, 1.54) is 6.92 Å². The standard InChI is InChI=1S/C35H55N3O4/c1-22-19-30(4,5)14-16-35(22,29(42)38-37-24(3)40)17-15-31(6,7)34(11)13-12-26-32(8,9)28(41)25(21-36)20-33(26,10)27(34)18-23(2)39/h20,22,26-27H,12-19H2,1-11H3,(H,37,40)(H,38,42)/t22?,26-,27+,33-,34+,35-/m0/s1. The van der Waals surface area contributed by atoms with Crippen molar-refractivity contribution in [1.82, 2.24) is 10.9 Å². The van der Waals surface area contributed by atoms with Crippen LogP contribution in [-0.4, -0.2) is 23.4 Å². The molecule has 42 heavy (non-hydrogen) atoms. The Labute approximate surface area is 254 Å². The maximum absolute atomic E-state index is 13.8. The van der Waals surface area contributed by atoms with Crippen LogP contribution in [0.5, 0.6) is 0 Å². The molecule has 1 unspecified atom stereocenters. The van der Waals surface area contributed by atoms with Crippen LogP contribution in [0.3, 0.4) is 0 Å². The molecule has 0 aliphatic heterocycles. The highest BCUT2D eigenvalue weighted by molar-refractivity contribution is 6.04. The molecular weight excluding hydrogens is 526 g/mol. The Morgan fingerprint density at radius 3 is 2.17 bits per heavy atom. The quantitative estimate of drug-likeness (QED) is 0.318. The fourth-order valence-electron chi connectivity index (χ4n) is 9.55. The number of amides is 2. The number of nitriles is 1. The Kier molecular flexibility index (Phi) is 9.08. The van der Waals surface area contributed by atoms with Crippen molar-refractivity contribution in [1.29, 1.82) is 5.26 Å². The van der Waals surface area contributed by atoms with Gasteiger partial charge in [0.05, 0.1) is 11.0 Å². The normalized spacial score (nSPS) is 35.7. The smallest absolute Gasteiger partial charge is 0.244 e. The lowest BCUT2D eigenvalue weighted by molar-refractivity contribution is -0.158. The lowest BCUT2D eigenvalue weighted by Crippen LogP contribution is -2.60. The van der Waals surface area contributed by atoms with Crippen LogP contribution in [0.4, 0.5) is 0 Å². The third-order valence-electron chi connectivity index (χ3n) is 12.6. The molecule has 7 heteroatoms. The van der Waals surface area contributed by atoms with Crippen molar-refractivity contribution < 1.29 is 19.2 Å². The van der Waals surface area contributed by atoms with Crippen LogP contribution in [0.1, 0.15) is 128 Å². The van der Waals surface area contributed by atoms with E-state index >= 15 is 0 Å². The Bertz CT molecular complexity index is 1210. The monoisotopic (exact) mass is 581 g/mol. The highest BCUT2D eigenvalue weighted by Gasteiger charge is 2.63. The number of carbonyl (C=O) groups excluding carboxylic acids is 4. The molecule has 0 aromatic carbocycles. The molecule has 0 heterocycles. The molecule has 7 nitrogen and oxygen atoms in total. The topological polar surface area (TPSA) is 116 Å². The molecule has 0 saturated heterocycles. The van der Waals surface area contributed by atoms with Crippen molar-refractivity contribution in [3.8, 4) is 6.07 Å². The van der Waals surface area contributed by atoms with E-state index < -0.39 is 16.2 Å². The summed E-state index contributed by atoms with van der Waals surface area (Å²) in [4.78, 5) is 51.6. The van der Waals surface area contributed by atoms with Crippen LogP contribution >= 0.6 is 0 Å². The predicted molar refractivity (Wildman–Crippen MR) is 164 cm³/mol. The zero-order chi connectivity index (χ0) is 32.1. The summed E-state index contributed by atoms with van der Waals surface area (Å²) in [6.07, 6.45) is 8.03. The van der Waals surface area contributed by atoms with Gasteiger partial charge in [0.25, 0.3) is 0 Å². The molecule has 3 aliphatic rings. The summed E-state index contributed by atoms with van der Waals surface area (Å²) >= 11 is 0. The minimum absolute atomic E-state index is 0.0261. The summed E-state index contributed by atoms with van der Waals surface area (Å²) in [5.74, 6) is -0.320. The predicted octanol–water partition coefficient (Wildman–Crippen LogP) is 6.87. The van der Waals surface area contributed by atoms with Gasteiger partial charge in [0.2, 0.25) is 11.8 Å². The lowest BCUT2D eigenvalue weighted by Gasteiger charge is -2.64. The molecule has 0 aromatic rings. The van der Waals surface area contributed by atoms with Crippen molar-refractivity contribution in [3.63, 3.8) is 0 Å². The SMILES string of the molecule is CC(=O)C[C@@H]1[C@@]2(C)C=C(C#N)C(=O)C(C)(C)[C@@H]2CC[C@@]1(C)C(C)(C)CC[C@@]1(C(=O)NNC(C)=O)CCC(C)(C)CC1C. The maximum atomic E-state index is 13.8.